The minimum absolute atomic E-state index is 0.0397. The fraction of sp³-hybridized carbons (Fsp3) is 0.533. The van der Waals surface area contributed by atoms with Crippen molar-refractivity contribution in [2.24, 2.45) is 0 Å². The van der Waals surface area contributed by atoms with Gasteiger partial charge in [0.15, 0.2) is 0 Å². The van der Waals surface area contributed by atoms with Gasteiger partial charge >= 0.3 is 6.09 Å². The number of carbonyl (C=O) groups excluding carboxylic acids is 2. The van der Waals surface area contributed by atoms with Gasteiger partial charge in [-0.15, -0.1) is 11.8 Å². The lowest BCUT2D eigenvalue weighted by Crippen LogP contribution is -2.52. The Morgan fingerprint density at radius 1 is 1.45 bits per heavy atom. The highest BCUT2D eigenvalue weighted by atomic mass is 32.2. The van der Waals surface area contributed by atoms with Crippen molar-refractivity contribution >= 4 is 23.8 Å². The van der Waals surface area contributed by atoms with Crippen molar-refractivity contribution in [2.75, 3.05) is 32.9 Å². The van der Waals surface area contributed by atoms with Crippen LogP contribution in [-0.2, 0) is 4.74 Å². The van der Waals surface area contributed by atoms with Gasteiger partial charge in [0.05, 0.1) is 18.7 Å². The van der Waals surface area contributed by atoms with Gasteiger partial charge in [0.2, 0.25) is 0 Å². The van der Waals surface area contributed by atoms with E-state index >= 15 is 0 Å². The van der Waals surface area contributed by atoms with Gasteiger partial charge in [-0.25, -0.2) is 9.78 Å². The zero-order valence-corrected chi connectivity index (χ0v) is 13.6. The SMILES string of the molecule is CSc1ncccc1C(=O)N1CCC[C@]2(CN(C)C(=O)O2)C1. The number of amides is 2. The zero-order chi connectivity index (χ0) is 15.7. The predicted molar refractivity (Wildman–Crippen MR) is 83.0 cm³/mol. The number of hydrogen-bond donors (Lipinski definition) is 0. The quantitative estimate of drug-likeness (QED) is 0.778. The molecule has 1 aromatic heterocycles. The Hall–Kier alpha value is -1.76. The Labute approximate surface area is 133 Å². The molecular weight excluding hydrogens is 302 g/mol. The van der Waals surface area contributed by atoms with E-state index in [-0.39, 0.29) is 12.0 Å². The van der Waals surface area contributed by atoms with E-state index in [0.717, 1.165) is 17.9 Å². The van der Waals surface area contributed by atoms with Crippen molar-refractivity contribution in [3.8, 4) is 0 Å². The number of likely N-dealkylation sites (tertiary alicyclic amines) is 1. The van der Waals surface area contributed by atoms with E-state index in [1.54, 1.807) is 35.2 Å². The maximum Gasteiger partial charge on any atom is 0.410 e. The second-order valence-electron chi connectivity index (χ2n) is 5.80. The van der Waals surface area contributed by atoms with Gasteiger partial charge in [-0.3, -0.25) is 4.79 Å². The molecule has 2 amide bonds. The fourth-order valence-electron chi connectivity index (χ4n) is 3.16. The molecule has 2 aliphatic heterocycles. The molecule has 1 atom stereocenters. The smallest absolute Gasteiger partial charge is 0.410 e. The number of thioether (sulfide) groups is 1. The van der Waals surface area contributed by atoms with Crippen LogP contribution in [0.5, 0.6) is 0 Å². The van der Waals surface area contributed by atoms with Crippen LogP contribution in [-0.4, -0.2) is 65.3 Å². The van der Waals surface area contributed by atoms with E-state index in [1.807, 2.05) is 6.26 Å². The van der Waals surface area contributed by atoms with E-state index in [1.165, 1.54) is 11.8 Å². The van der Waals surface area contributed by atoms with E-state index in [4.69, 9.17) is 4.74 Å². The normalized spacial score (nSPS) is 24.7. The molecule has 0 radical (unpaired) electrons. The lowest BCUT2D eigenvalue weighted by Gasteiger charge is -2.38. The lowest BCUT2D eigenvalue weighted by atomic mass is 9.92. The zero-order valence-electron chi connectivity index (χ0n) is 12.7. The number of aromatic nitrogens is 1. The maximum absolute atomic E-state index is 12.8. The molecule has 3 heterocycles. The van der Waals surface area contributed by atoms with Crippen molar-refractivity contribution in [3.05, 3.63) is 23.9 Å². The first-order valence-corrected chi connectivity index (χ1v) is 8.49. The largest absolute Gasteiger partial charge is 0.439 e. The minimum Gasteiger partial charge on any atom is -0.439 e. The molecule has 3 rings (SSSR count). The molecule has 7 heteroatoms. The highest BCUT2D eigenvalue weighted by Crippen LogP contribution is 2.32. The average Bonchev–Trinajstić information content (AvgIpc) is 2.80. The molecule has 2 fully saturated rings. The Balaban J connectivity index is 1.80. The van der Waals surface area contributed by atoms with Gasteiger partial charge in [0.1, 0.15) is 10.6 Å². The second kappa shape index (κ2) is 5.79. The number of piperidine rings is 1. The maximum atomic E-state index is 12.8. The first kappa shape index (κ1) is 15.1. The molecule has 1 aromatic rings. The Bertz CT molecular complexity index is 609. The number of likely N-dealkylation sites (N-methyl/N-ethyl adjacent to an activating group) is 1. The molecule has 0 unspecified atom stereocenters. The average molecular weight is 321 g/mol. The number of hydrogen-bond acceptors (Lipinski definition) is 5. The van der Waals surface area contributed by atoms with Crippen LogP contribution < -0.4 is 0 Å². The number of carbonyl (C=O) groups is 2. The summed E-state index contributed by atoms with van der Waals surface area (Å²) < 4.78 is 5.55. The first-order chi connectivity index (χ1) is 10.5. The molecule has 0 N–H and O–H groups in total. The van der Waals surface area contributed by atoms with E-state index in [9.17, 15) is 9.59 Å². The third-order valence-corrected chi connectivity index (χ3v) is 4.87. The topological polar surface area (TPSA) is 62.7 Å². The fourth-order valence-corrected chi connectivity index (χ4v) is 3.70. The van der Waals surface area contributed by atoms with E-state index in [2.05, 4.69) is 4.98 Å². The van der Waals surface area contributed by atoms with Gasteiger partial charge in [0.25, 0.3) is 5.91 Å². The lowest BCUT2D eigenvalue weighted by molar-refractivity contribution is -0.00536. The van der Waals surface area contributed by atoms with Crippen LogP contribution in [0, 0.1) is 0 Å². The van der Waals surface area contributed by atoms with E-state index in [0.29, 0.717) is 25.2 Å². The van der Waals surface area contributed by atoms with Gasteiger partial charge < -0.3 is 14.5 Å². The number of rotatable bonds is 2. The summed E-state index contributed by atoms with van der Waals surface area (Å²) in [5.41, 5.74) is 0.0614. The third-order valence-electron chi connectivity index (χ3n) is 4.16. The number of nitrogens with zero attached hydrogens (tertiary/aromatic N) is 3. The first-order valence-electron chi connectivity index (χ1n) is 7.27. The molecule has 0 bridgehead atoms. The molecule has 2 saturated heterocycles. The number of pyridine rings is 1. The minimum atomic E-state index is -0.554. The van der Waals surface area contributed by atoms with Crippen LogP contribution in [0.1, 0.15) is 23.2 Å². The predicted octanol–water partition coefficient (Wildman–Crippen LogP) is 1.86. The van der Waals surface area contributed by atoms with Crippen LogP contribution in [0.3, 0.4) is 0 Å². The summed E-state index contributed by atoms with van der Waals surface area (Å²) in [7, 11) is 1.73. The summed E-state index contributed by atoms with van der Waals surface area (Å²) in [4.78, 5) is 32.1. The summed E-state index contributed by atoms with van der Waals surface area (Å²) in [5.74, 6) is -0.0397. The standard InChI is InChI=1S/C15H19N3O3S/c1-17-9-15(21-14(17)20)6-4-8-18(10-15)13(19)11-5-3-7-16-12(11)22-2/h3,5,7H,4,6,8-10H2,1-2H3/t15-/m0/s1. The molecule has 0 aliphatic carbocycles. The van der Waals surface area contributed by atoms with Crippen LogP contribution in [0.25, 0.3) is 0 Å². The molecule has 2 aliphatic rings. The van der Waals surface area contributed by atoms with Crippen molar-refractivity contribution < 1.29 is 14.3 Å². The summed E-state index contributed by atoms with van der Waals surface area (Å²) in [5, 5.41) is 0.729. The highest BCUT2D eigenvalue weighted by Gasteiger charge is 2.47. The second-order valence-corrected chi connectivity index (χ2v) is 6.59. The Kier molecular flexibility index (Phi) is 3.99. The monoisotopic (exact) mass is 321 g/mol. The van der Waals surface area contributed by atoms with Gasteiger partial charge in [-0.2, -0.15) is 0 Å². The molecule has 6 nitrogen and oxygen atoms in total. The third kappa shape index (κ3) is 2.65. The highest BCUT2D eigenvalue weighted by molar-refractivity contribution is 7.98. The van der Waals surface area contributed by atoms with Crippen LogP contribution in [0.4, 0.5) is 4.79 Å². The Morgan fingerprint density at radius 2 is 2.27 bits per heavy atom. The van der Waals surface area contributed by atoms with Crippen LogP contribution >= 0.6 is 11.8 Å². The summed E-state index contributed by atoms with van der Waals surface area (Å²) in [6, 6.07) is 3.57. The molecular formula is C15H19N3O3S. The summed E-state index contributed by atoms with van der Waals surface area (Å²) in [6.45, 7) is 1.67. The summed E-state index contributed by atoms with van der Waals surface area (Å²) >= 11 is 1.46. The summed E-state index contributed by atoms with van der Waals surface area (Å²) in [6.07, 6.45) is 4.93. The van der Waals surface area contributed by atoms with Gasteiger partial charge in [-0.1, -0.05) is 0 Å². The molecule has 0 saturated carbocycles. The molecule has 1 spiro atoms. The van der Waals surface area contributed by atoms with Crippen molar-refractivity contribution in [2.45, 2.75) is 23.5 Å². The molecule has 22 heavy (non-hydrogen) atoms. The van der Waals surface area contributed by atoms with Gasteiger partial charge in [0, 0.05) is 19.8 Å². The molecule has 118 valence electrons. The van der Waals surface area contributed by atoms with Crippen LogP contribution in [0.15, 0.2) is 23.4 Å². The van der Waals surface area contributed by atoms with Gasteiger partial charge in [-0.05, 0) is 31.2 Å². The number of ether oxygens (including phenoxy) is 1. The molecule has 0 aromatic carbocycles. The van der Waals surface area contributed by atoms with E-state index < -0.39 is 5.60 Å². The van der Waals surface area contributed by atoms with Crippen molar-refractivity contribution in [1.29, 1.82) is 0 Å². The Morgan fingerprint density at radius 3 is 2.95 bits per heavy atom. The van der Waals surface area contributed by atoms with Crippen molar-refractivity contribution in [3.63, 3.8) is 0 Å². The van der Waals surface area contributed by atoms with Crippen LogP contribution in [0.2, 0.25) is 0 Å². The van der Waals surface area contributed by atoms with Crippen molar-refractivity contribution in [1.82, 2.24) is 14.8 Å².